The molecule has 0 aromatic heterocycles. The number of nitrogens with one attached hydrogen (secondary N) is 1. The van der Waals surface area contributed by atoms with E-state index in [9.17, 15) is 18.0 Å². The van der Waals surface area contributed by atoms with Crippen LogP contribution in [-0.4, -0.2) is 66.5 Å². The molecular weight excluding hydrogens is 429 g/mol. The van der Waals surface area contributed by atoms with Crippen LogP contribution in [0.4, 0.5) is 18.0 Å². The molecule has 0 bridgehead atoms. The number of carbonyl (C=O) groups is 1. The molecule has 1 N–H and O–H groups in total. The molecule has 1 fully saturated rings. The summed E-state index contributed by atoms with van der Waals surface area (Å²) >= 11 is 0. The van der Waals surface area contributed by atoms with Gasteiger partial charge in [0.1, 0.15) is 0 Å². The smallest absolute Gasteiger partial charge is 0.338 e. The summed E-state index contributed by atoms with van der Waals surface area (Å²) in [6, 6.07) is 13.7. The molecule has 178 valence electrons. The zero-order valence-electron chi connectivity index (χ0n) is 18.8. The Kier molecular flexibility index (Phi) is 7.55. The molecule has 2 aliphatic heterocycles. The topological polar surface area (TPSA) is 38.8 Å². The van der Waals surface area contributed by atoms with Gasteiger partial charge < -0.3 is 15.1 Å². The van der Waals surface area contributed by atoms with Crippen molar-refractivity contribution in [2.45, 2.75) is 32.1 Å². The molecule has 0 radical (unpaired) electrons. The summed E-state index contributed by atoms with van der Waals surface area (Å²) in [5.74, 6) is 0. The van der Waals surface area contributed by atoms with Gasteiger partial charge in [-0.15, -0.1) is 0 Å². The predicted molar refractivity (Wildman–Crippen MR) is 122 cm³/mol. The fourth-order valence-electron chi connectivity index (χ4n) is 4.51. The Balaban J connectivity index is 1.11. The number of carbonyl (C=O) groups excluding carboxylic acids is 1. The summed E-state index contributed by atoms with van der Waals surface area (Å²) in [6.07, 6.45) is -2.49. The van der Waals surface area contributed by atoms with Crippen LogP contribution in [0.3, 0.4) is 0 Å². The van der Waals surface area contributed by atoms with Gasteiger partial charge in [0.15, 0.2) is 0 Å². The van der Waals surface area contributed by atoms with Crippen LogP contribution >= 0.6 is 0 Å². The number of alkyl halides is 3. The van der Waals surface area contributed by atoms with Crippen LogP contribution in [-0.2, 0) is 25.7 Å². The molecular formula is C25H31F3N4O. The summed E-state index contributed by atoms with van der Waals surface area (Å²) < 4.78 is 38.1. The molecule has 5 nitrogen and oxygen atoms in total. The minimum atomic E-state index is -4.29. The number of fused-ring (bicyclic) bond motifs is 1. The van der Waals surface area contributed by atoms with Crippen molar-refractivity contribution in [1.29, 1.82) is 0 Å². The van der Waals surface area contributed by atoms with E-state index in [1.165, 1.54) is 11.1 Å². The second kappa shape index (κ2) is 10.6. The van der Waals surface area contributed by atoms with Crippen molar-refractivity contribution in [3.63, 3.8) is 0 Å². The Morgan fingerprint density at radius 1 is 0.879 bits per heavy atom. The van der Waals surface area contributed by atoms with Gasteiger partial charge >= 0.3 is 12.2 Å². The van der Waals surface area contributed by atoms with E-state index in [2.05, 4.69) is 27.2 Å². The van der Waals surface area contributed by atoms with E-state index in [4.69, 9.17) is 0 Å². The Morgan fingerprint density at radius 2 is 1.55 bits per heavy atom. The molecule has 2 amide bonds. The number of benzene rings is 2. The van der Waals surface area contributed by atoms with Gasteiger partial charge in [-0.05, 0) is 48.2 Å². The van der Waals surface area contributed by atoms with Gasteiger partial charge in [-0.25, -0.2) is 4.79 Å². The number of hydrogen-bond donors (Lipinski definition) is 1. The first-order valence-corrected chi connectivity index (χ1v) is 11.6. The Morgan fingerprint density at radius 3 is 2.24 bits per heavy atom. The third-order valence-electron chi connectivity index (χ3n) is 6.50. The first-order chi connectivity index (χ1) is 15.9. The molecule has 2 heterocycles. The Labute approximate surface area is 193 Å². The molecule has 33 heavy (non-hydrogen) atoms. The monoisotopic (exact) mass is 460 g/mol. The molecule has 0 aliphatic carbocycles. The number of hydrogen-bond acceptors (Lipinski definition) is 3. The van der Waals surface area contributed by atoms with Gasteiger partial charge in [0.05, 0.1) is 5.56 Å². The lowest BCUT2D eigenvalue weighted by Crippen LogP contribution is -2.47. The van der Waals surface area contributed by atoms with Gasteiger partial charge in [0.25, 0.3) is 0 Å². The van der Waals surface area contributed by atoms with Crippen molar-refractivity contribution in [3.05, 3.63) is 70.8 Å². The molecule has 2 aliphatic rings. The zero-order chi connectivity index (χ0) is 23.3. The maximum absolute atomic E-state index is 12.7. The maximum atomic E-state index is 12.7. The van der Waals surface area contributed by atoms with E-state index in [0.29, 0.717) is 19.6 Å². The second-order valence-corrected chi connectivity index (χ2v) is 8.84. The highest BCUT2D eigenvalue weighted by Gasteiger charge is 2.30. The lowest BCUT2D eigenvalue weighted by Gasteiger charge is -2.35. The second-order valence-electron chi connectivity index (χ2n) is 8.84. The van der Waals surface area contributed by atoms with E-state index in [1.807, 2.05) is 17.0 Å². The van der Waals surface area contributed by atoms with Crippen LogP contribution in [0.2, 0.25) is 0 Å². The van der Waals surface area contributed by atoms with Crippen molar-refractivity contribution in [2.24, 2.45) is 0 Å². The molecule has 0 saturated carbocycles. The first kappa shape index (κ1) is 23.6. The summed E-state index contributed by atoms with van der Waals surface area (Å²) in [4.78, 5) is 19.0. The highest BCUT2D eigenvalue weighted by Crippen LogP contribution is 2.29. The van der Waals surface area contributed by atoms with Gasteiger partial charge in [-0.2, -0.15) is 13.2 Å². The summed E-state index contributed by atoms with van der Waals surface area (Å²) in [6.45, 7) is 7.31. The van der Waals surface area contributed by atoms with Crippen molar-refractivity contribution in [2.75, 3.05) is 45.8 Å². The molecule has 8 heteroatoms. The minimum Gasteiger partial charge on any atom is -0.338 e. The predicted octanol–water partition coefficient (Wildman–Crippen LogP) is 3.98. The van der Waals surface area contributed by atoms with Crippen LogP contribution in [0.25, 0.3) is 0 Å². The Hall–Kier alpha value is -2.58. The van der Waals surface area contributed by atoms with Crippen molar-refractivity contribution in [3.8, 4) is 0 Å². The van der Waals surface area contributed by atoms with E-state index < -0.39 is 11.7 Å². The molecule has 0 spiro atoms. The highest BCUT2D eigenvalue weighted by atomic mass is 19.4. The number of piperazine rings is 1. The Bertz CT molecular complexity index is 924. The average molecular weight is 461 g/mol. The van der Waals surface area contributed by atoms with E-state index in [1.54, 1.807) is 12.1 Å². The average Bonchev–Trinajstić information content (AvgIpc) is 2.82. The molecule has 2 aromatic carbocycles. The SMILES string of the molecule is O=C(NCCCN1CCN(Cc2ccc(C(F)(F)F)cc2)CC1)N1CCc2ccccc2C1. The van der Waals surface area contributed by atoms with Crippen LogP contribution in [0.1, 0.15) is 28.7 Å². The fourth-order valence-corrected chi connectivity index (χ4v) is 4.51. The van der Waals surface area contributed by atoms with Gasteiger partial charge in [-0.1, -0.05) is 36.4 Å². The summed E-state index contributed by atoms with van der Waals surface area (Å²) in [5.41, 5.74) is 2.86. The largest absolute Gasteiger partial charge is 0.416 e. The first-order valence-electron chi connectivity index (χ1n) is 11.6. The third kappa shape index (κ3) is 6.48. The lowest BCUT2D eigenvalue weighted by atomic mass is 10.0. The molecule has 0 unspecified atom stereocenters. The molecule has 0 atom stereocenters. The normalized spacial score (nSPS) is 17.6. The van der Waals surface area contributed by atoms with Crippen molar-refractivity contribution >= 4 is 6.03 Å². The van der Waals surface area contributed by atoms with Crippen LogP contribution in [0, 0.1) is 0 Å². The van der Waals surface area contributed by atoms with Crippen molar-refractivity contribution < 1.29 is 18.0 Å². The number of halogens is 3. The van der Waals surface area contributed by atoms with E-state index in [-0.39, 0.29) is 6.03 Å². The summed E-state index contributed by atoms with van der Waals surface area (Å²) in [7, 11) is 0. The fraction of sp³-hybridized carbons (Fsp3) is 0.480. The van der Waals surface area contributed by atoms with Crippen LogP contribution in [0.15, 0.2) is 48.5 Å². The maximum Gasteiger partial charge on any atom is 0.416 e. The minimum absolute atomic E-state index is 0.00543. The number of urea groups is 1. The number of nitrogens with zero attached hydrogens (tertiary/aromatic N) is 3. The highest BCUT2D eigenvalue weighted by molar-refractivity contribution is 5.74. The number of rotatable bonds is 6. The zero-order valence-corrected chi connectivity index (χ0v) is 18.8. The standard InChI is InChI=1S/C25H31F3N4O/c26-25(27,28)23-8-6-20(7-9-23)18-31-16-14-30(15-17-31)12-3-11-29-24(33)32-13-10-21-4-1-2-5-22(21)19-32/h1-2,4-9H,3,10-19H2,(H,29,33). The quantitative estimate of drug-likeness (QED) is 0.663. The lowest BCUT2D eigenvalue weighted by molar-refractivity contribution is -0.137. The molecule has 4 rings (SSSR count). The van der Waals surface area contributed by atoms with E-state index >= 15 is 0 Å². The van der Waals surface area contributed by atoms with Crippen LogP contribution in [0.5, 0.6) is 0 Å². The molecule has 1 saturated heterocycles. The van der Waals surface area contributed by atoms with Gasteiger partial charge in [0, 0.05) is 52.4 Å². The van der Waals surface area contributed by atoms with E-state index in [0.717, 1.165) is 69.8 Å². The molecule has 2 aromatic rings. The third-order valence-corrected chi connectivity index (χ3v) is 6.50. The van der Waals surface area contributed by atoms with Crippen LogP contribution < -0.4 is 5.32 Å². The summed E-state index contributed by atoms with van der Waals surface area (Å²) in [5, 5.41) is 3.05. The van der Waals surface area contributed by atoms with Gasteiger partial charge in [0.2, 0.25) is 0 Å². The van der Waals surface area contributed by atoms with Gasteiger partial charge in [-0.3, -0.25) is 4.90 Å². The van der Waals surface area contributed by atoms with Crippen molar-refractivity contribution in [1.82, 2.24) is 20.0 Å². The number of amides is 2.